The third-order valence-corrected chi connectivity index (χ3v) is 4.88. The monoisotopic (exact) mass is 327 g/mol. The molecule has 5 heteroatoms. The summed E-state index contributed by atoms with van der Waals surface area (Å²) in [4.78, 5) is 6.89. The Hall–Kier alpha value is -0.810. The zero-order valence-corrected chi connectivity index (χ0v) is 15.6. The van der Waals surface area contributed by atoms with Crippen LogP contribution >= 0.6 is 0 Å². The fourth-order valence-corrected chi connectivity index (χ4v) is 3.43. The van der Waals surface area contributed by atoms with Crippen molar-refractivity contribution >= 4 is 5.96 Å². The number of methoxy groups -OCH3 is 1. The maximum Gasteiger partial charge on any atom is 0.193 e. The molecule has 1 aliphatic heterocycles. The van der Waals surface area contributed by atoms with Crippen LogP contribution in [0.25, 0.3) is 0 Å². The second-order valence-electron chi connectivity index (χ2n) is 6.36. The van der Waals surface area contributed by atoms with Crippen LogP contribution in [-0.2, 0) is 9.47 Å². The first-order chi connectivity index (χ1) is 11.3. The molecular formula is C18H37N3O2. The van der Waals surface area contributed by atoms with Gasteiger partial charge in [0.2, 0.25) is 0 Å². The molecule has 136 valence electrons. The Balaban J connectivity index is 2.18. The van der Waals surface area contributed by atoms with Crippen LogP contribution in [-0.4, -0.2) is 64.5 Å². The minimum atomic E-state index is 0.678. The van der Waals surface area contributed by atoms with Crippen molar-refractivity contribution in [2.24, 2.45) is 16.8 Å². The lowest BCUT2D eigenvalue weighted by Crippen LogP contribution is -2.40. The average molecular weight is 328 g/mol. The van der Waals surface area contributed by atoms with Crippen molar-refractivity contribution in [3.63, 3.8) is 0 Å². The minimum Gasteiger partial charge on any atom is -0.382 e. The molecule has 1 rings (SSSR count). The molecule has 0 aromatic rings. The molecule has 1 saturated heterocycles. The number of rotatable bonds is 11. The zero-order chi connectivity index (χ0) is 16.9. The minimum absolute atomic E-state index is 0.678. The van der Waals surface area contributed by atoms with Gasteiger partial charge in [-0.3, -0.25) is 4.99 Å². The SMILES string of the molecule is CCC(CC)C1CCN(C(=NC)NCCCCOCCOC)C1. The van der Waals surface area contributed by atoms with Crippen LogP contribution in [0.2, 0.25) is 0 Å². The molecule has 1 N–H and O–H groups in total. The summed E-state index contributed by atoms with van der Waals surface area (Å²) in [7, 11) is 3.59. The molecule has 5 nitrogen and oxygen atoms in total. The topological polar surface area (TPSA) is 46.1 Å². The third kappa shape index (κ3) is 7.53. The van der Waals surface area contributed by atoms with Crippen LogP contribution in [0.1, 0.15) is 46.0 Å². The molecule has 0 saturated carbocycles. The van der Waals surface area contributed by atoms with E-state index in [-0.39, 0.29) is 0 Å². The number of hydrogen-bond donors (Lipinski definition) is 1. The molecule has 0 aliphatic carbocycles. The Bertz CT molecular complexity index is 319. The van der Waals surface area contributed by atoms with Gasteiger partial charge in [-0.15, -0.1) is 0 Å². The van der Waals surface area contributed by atoms with Crippen LogP contribution in [0.3, 0.4) is 0 Å². The maximum atomic E-state index is 5.48. The van der Waals surface area contributed by atoms with Gasteiger partial charge in [0.15, 0.2) is 5.96 Å². The summed E-state index contributed by atoms with van der Waals surface area (Å²) in [5.74, 6) is 2.76. The number of likely N-dealkylation sites (tertiary alicyclic amines) is 1. The molecule has 0 aromatic heterocycles. The highest BCUT2D eigenvalue weighted by Gasteiger charge is 2.29. The van der Waals surface area contributed by atoms with Gasteiger partial charge in [-0.25, -0.2) is 0 Å². The predicted octanol–water partition coefficient (Wildman–Crippen LogP) is 2.76. The average Bonchev–Trinajstić information content (AvgIpc) is 3.04. The number of hydrogen-bond acceptors (Lipinski definition) is 3. The van der Waals surface area contributed by atoms with Crippen molar-refractivity contribution in [2.75, 3.05) is 53.6 Å². The molecular weight excluding hydrogens is 290 g/mol. The van der Waals surface area contributed by atoms with Gasteiger partial charge in [0.25, 0.3) is 0 Å². The van der Waals surface area contributed by atoms with Crippen LogP contribution in [0.5, 0.6) is 0 Å². The van der Waals surface area contributed by atoms with E-state index in [1.807, 2.05) is 7.05 Å². The van der Waals surface area contributed by atoms with Crippen molar-refractivity contribution in [2.45, 2.75) is 46.0 Å². The number of nitrogens with one attached hydrogen (secondary N) is 1. The highest BCUT2D eigenvalue weighted by molar-refractivity contribution is 5.80. The van der Waals surface area contributed by atoms with Crippen LogP contribution in [0, 0.1) is 11.8 Å². The lowest BCUT2D eigenvalue weighted by molar-refractivity contribution is 0.0689. The molecule has 1 aliphatic rings. The Morgan fingerprint density at radius 2 is 2.00 bits per heavy atom. The lowest BCUT2D eigenvalue weighted by atomic mass is 9.87. The van der Waals surface area contributed by atoms with Crippen LogP contribution in [0.4, 0.5) is 0 Å². The fourth-order valence-electron chi connectivity index (χ4n) is 3.43. The first-order valence-electron chi connectivity index (χ1n) is 9.29. The molecule has 0 bridgehead atoms. The summed E-state index contributed by atoms with van der Waals surface area (Å²) in [5, 5.41) is 3.50. The summed E-state index contributed by atoms with van der Waals surface area (Å²) in [6, 6.07) is 0. The van der Waals surface area contributed by atoms with Crippen molar-refractivity contribution in [3.8, 4) is 0 Å². The Morgan fingerprint density at radius 1 is 1.22 bits per heavy atom. The lowest BCUT2D eigenvalue weighted by Gasteiger charge is -2.24. The number of ether oxygens (including phenoxy) is 2. The first-order valence-corrected chi connectivity index (χ1v) is 9.29. The Labute approximate surface area is 142 Å². The van der Waals surface area contributed by atoms with Gasteiger partial charge in [-0.05, 0) is 31.1 Å². The van der Waals surface area contributed by atoms with Gasteiger partial charge in [0, 0.05) is 40.4 Å². The second kappa shape index (κ2) is 12.6. The number of guanidine groups is 1. The summed E-state index contributed by atoms with van der Waals surface area (Å²) in [6.07, 6.45) is 6.08. The van der Waals surface area contributed by atoms with E-state index in [1.165, 1.54) is 19.3 Å². The van der Waals surface area contributed by atoms with Gasteiger partial charge in [-0.2, -0.15) is 0 Å². The van der Waals surface area contributed by atoms with Crippen molar-refractivity contribution in [1.82, 2.24) is 10.2 Å². The van der Waals surface area contributed by atoms with Crippen molar-refractivity contribution in [1.29, 1.82) is 0 Å². The molecule has 0 radical (unpaired) electrons. The van der Waals surface area contributed by atoms with E-state index in [2.05, 4.69) is 29.1 Å². The molecule has 1 heterocycles. The third-order valence-electron chi connectivity index (χ3n) is 4.88. The van der Waals surface area contributed by atoms with Gasteiger partial charge in [-0.1, -0.05) is 26.7 Å². The quantitative estimate of drug-likeness (QED) is 0.360. The predicted molar refractivity (Wildman–Crippen MR) is 97.0 cm³/mol. The summed E-state index contributed by atoms with van der Waals surface area (Å²) < 4.78 is 10.4. The largest absolute Gasteiger partial charge is 0.382 e. The molecule has 0 amide bonds. The number of nitrogens with zero attached hydrogens (tertiary/aromatic N) is 2. The molecule has 1 fully saturated rings. The second-order valence-corrected chi connectivity index (χ2v) is 6.36. The molecule has 1 unspecified atom stereocenters. The van der Waals surface area contributed by atoms with Crippen molar-refractivity contribution < 1.29 is 9.47 Å². The van der Waals surface area contributed by atoms with Gasteiger partial charge < -0.3 is 19.7 Å². The summed E-state index contributed by atoms with van der Waals surface area (Å²) in [5.41, 5.74) is 0. The highest BCUT2D eigenvalue weighted by Crippen LogP contribution is 2.28. The fraction of sp³-hybridized carbons (Fsp3) is 0.944. The number of aliphatic imine (C=N–C) groups is 1. The van der Waals surface area contributed by atoms with Gasteiger partial charge in [0.05, 0.1) is 13.2 Å². The van der Waals surface area contributed by atoms with E-state index in [4.69, 9.17) is 9.47 Å². The summed E-state index contributed by atoms with van der Waals surface area (Å²) in [6.45, 7) is 10.1. The van der Waals surface area contributed by atoms with E-state index in [0.29, 0.717) is 13.2 Å². The van der Waals surface area contributed by atoms with E-state index in [0.717, 1.165) is 56.9 Å². The molecule has 1 atom stereocenters. The Morgan fingerprint density at radius 3 is 2.65 bits per heavy atom. The van der Waals surface area contributed by atoms with E-state index < -0.39 is 0 Å². The summed E-state index contributed by atoms with van der Waals surface area (Å²) >= 11 is 0. The first kappa shape index (κ1) is 20.2. The Kier molecular flexibility index (Phi) is 11.1. The molecule has 0 spiro atoms. The molecule has 23 heavy (non-hydrogen) atoms. The zero-order valence-electron chi connectivity index (χ0n) is 15.6. The highest BCUT2D eigenvalue weighted by atomic mass is 16.5. The van der Waals surface area contributed by atoms with E-state index in [1.54, 1.807) is 7.11 Å². The normalized spacial score (nSPS) is 18.9. The smallest absolute Gasteiger partial charge is 0.193 e. The van der Waals surface area contributed by atoms with E-state index in [9.17, 15) is 0 Å². The van der Waals surface area contributed by atoms with Gasteiger partial charge in [0.1, 0.15) is 0 Å². The van der Waals surface area contributed by atoms with Crippen LogP contribution in [0.15, 0.2) is 4.99 Å². The van der Waals surface area contributed by atoms with Crippen LogP contribution < -0.4 is 5.32 Å². The molecule has 0 aromatic carbocycles. The van der Waals surface area contributed by atoms with Gasteiger partial charge >= 0.3 is 0 Å². The standard InChI is InChI=1S/C18H37N3O2/c1-5-16(6-2)17-9-11-21(15-17)18(19-3)20-10-7-8-12-23-14-13-22-4/h16-17H,5-15H2,1-4H3,(H,19,20). The van der Waals surface area contributed by atoms with Crippen molar-refractivity contribution in [3.05, 3.63) is 0 Å². The number of unbranched alkanes of at least 4 members (excludes halogenated alkanes) is 1. The maximum absolute atomic E-state index is 5.48. The van der Waals surface area contributed by atoms with E-state index >= 15 is 0 Å².